The monoisotopic (exact) mass is 364 g/mol. The molecule has 0 spiro atoms. The van der Waals surface area contributed by atoms with E-state index < -0.39 is 0 Å². The van der Waals surface area contributed by atoms with Gasteiger partial charge in [0.2, 0.25) is 0 Å². The Labute approximate surface area is 159 Å². The van der Waals surface area contributed by atoms with Gasteiger partial charge in [-0.1, -0.05) is 37.5 Å². The number of carbonyl (C=O) groups is 2. The molecule has 1 fully saturated rings. The van der Waals surface area contributed by atoms with Gasteiger partial charge in [0, 0.05) is 29.4 Å². The van der Waals surface area contributed by atoms with E-state index in [0.717, 1.165) is 24.2 Å². The fourth-order valence-corrected chi connectivity index (χ4v) is 3.93. The molecular weight excluding hydrogens is 340 g/mol. The second-order valence-electron chi connectivity index (χ2n) is 7.24. The number of rotatable bonds is 3. The highest BCUT2D eigenvalue weighted by molar-refractivity contribution is 6.04. The number of ether oxygens (including phenoxy) is 1. The molecule has 4 rings (SSSR count). The van der Waals surface area contributed by atoms with Crippen LogP contribution in [0.3, 0.4) is 0 Å². The van der Waals surface area contributed by atoms with Crippen LogP contribution in [0.25, 0.3) is 0 Å². The van der Waals surface area contributed by atoms with Crippen molar-refractivity contribution >= 4 is 17.5 Å². The lowest BCUT2D eigenvalue weighted by atomic mass is 9.93. The Balaban J connectivity index is 1.54. The molecule has 27 heavy (non-hydrogen) atoms. The first kappa shape index (κ1) is 17.6. The molecule has 0 unspecified atom stereocenters. The van der Waals surface area contributed by atoms with Crippen LogP contribution in [0.1, 0.15) is 48.0 Å². The number of anilines is 1. The minimum absolute atomic E-state index is 0.0490. The fourth-order valence-electron chi connectivity index (χ4n) is 3.93. The van der Waals surface area contributed by atoms with Gasteiger partial charge in [-0.2, -0.15) is 0 Å². The quantitative estimate of drug-likeness (QED) is 0.896. The fraction of sp³-hybridized carbons (Fsp3) is 0.364. The zero-order valence-corrected chi connectivity index (χ0v) is 15.3. The average molecular weight is 364 g/mol. The zero-order valence-electron chi connectivity index (χ0n) is 15.3. The lowest BCUT2D eigenvalue weighted by Gasteiger charge is -2.33. The number of hydrogen-bond donors (Lipinski definition) is 1. The van der Waals surface area contributed by atoms with Gasteiger partial charge >= 0.3 is 0 Å². The Morgan fingerprint density at radius 3 is 2.59 bits per heavy atom. The number of fused-ring (bicyclic) bond motifs is 1. The average Bonchev–Trinajstić information content (AvgIpc) is 2.88. The molecule has 0 bridgehead atoms. The number of nitrogens with zero attached hydrogens (tertiary/aromatic N) is 1. The van der Waals surface area contributed by atoms with Crippen molar-refractivity contribution in [3.63, 3.8) is 0 Å². The molecule has 1 aliphatic carbocycles. The summed E-state index contributed by atoms with van der Waals surface area (Å²) in [6, 6.07) is 15.0. The molecule has 1 aliphatic heterocycles. The summed E-state index contributed by atoms with van der Waals surface area (Å²) in [5.41, 5.74) is 2.27. The molecule has 2 aliphatic rings. The maximum atomic E-state index is 12.6. The van der Waals surface area contributed by atoms with Crippen LogP contribution < -0.4 is 10.1 Å². The predicted molar refractivity (Wildman–Crippen MR) is 104 cm³/mol. The third-order valence-corrected chi connectivity index (χ3v) is 5.38. The molecule has 5 heteroatoms. The molecule has 1 heterocycles. The molecule has 0 saturated heterocycles. The Bertz CT molecular complexity index is 829. The third-order valence-electron chi connectivity index (χ3n) is 5.38. The standard InChI is InChI=1S/C22H24N2O3/c25-21-15-27-20-12-11-18(23-22(26)16-7-3-1-4-8-16)13-17(20)14-24(21)19-9-5-2-6-10-19/h1,3-4,7-8,11-13,19H,2,5-6,9-10,14-15H2,(H,23,26). The smallest absolute Gasteiger partial charge is 0.261 e. The van der Waals surface area contributed by atoms with E-state index in [4.69, 9.17) is 4.74 Å². The van der Waals surface area contributed by atoms with Crippen molar-refractivity contribution in [2.45, 2.75) is 44.7 Å². The van der Waals surface area contributed by atoms with Gasteiger partial charge < -0.3 is 15.0 Å². The van der Waals surface area contributed by atoms with Crippen molar-refractivity contribution in [3.8, 4) is 5.75 Å². The summed E-state index contributed by atoms with van der Waals surface area (Å²) in [7, 11) is 0. The van der Waals surface area contributed by atoms with Crippen LogP contribution in [0.5, 0.6) is 5.75 Å². The highest BCUT2D eigenvalue weighted by Gasteiger charge is 2.29. The van der Waals surface area contributed by atoms with Crippen LogP contribution >= 0.6 is 0 Å². The molecule has 2 amide bonds. The molecule has 0 atom stereocenters. The van der Waals surface area contributed by atoms with E-state index in [2.05, 4.69) is 5.32 Å². The largest absolute Gasteiger partial charge is 0.483 e. The molecule has 0 radical (unpaired) electrons. The van der Waals surface area contributed by atoms with E-state index in [9.17, 15) is 9.59 Å². The van der Waals surface area contributed by atoms with Gasteiger partial charge in [-0.15, -0.1) is 0 Å². The van der Waals surface area contributed by atoms with E-state index in [1.807, 2.05) is 41.3 Å². The van der Waals surface area contributed by atoms with Crippen molar-refractivity contribution in [2.75, 3.05) is 11.9 Å². The highest BCUT2D eigenvalue weighted by atomic mass is 16.5. The maximum Gasteiger partial charge on any atom is 0.261 e. The Kier molecular flexibility index (Phi) is 5.10. The molecule has 140 valence electrons. The first-order chi connectivity index (χ1) is 13.2. The number of nitrogens with one attached hydrogen (secondary N) is 1. The second-order valence-corrected chi connectivity index (χ2v) is 7.24. The number of carbonyl (C=O) groups excluding carboxylic acids is 2. The summed E-state index contributed by atoms with van der Waals surface area (Å²) in [6.45, 7) is 0.618. The Hall–Kier alpha value is -2.82. The highest BCUT2D eigenvalue weighted by Crippen LogP contribution is 2.31. The van der Waals surface area contributed by atoms with E-state index in [-0.39, 0.29) is 18.4 Å². The number of amides is 2. The van der Waals surface area contributed by atoms with Gasteiger partial charge in [-0.05, 0) is 43.2 Å². The topological polar surface area (TPSA) is 58.6 Å². The normalized spacial score (nSPS) is 17.6. The van der Waals surface area contributed by atoms with E-state index in [1.165, 1.54) is 19.3 Å². The minimum Gasteiger partial charge on any atom is -0.483 e. The first-order valence-corrected chi connectivity index (χ1v) is 9.62. The van der Waals surface area contributed by atoms with Crippen molar-refractivity contribution < 1.29 is 14.3 Å². The number of benzene rings is 2. The van der Waals surface area contributed by atoms with Gasteiger partial charge in [-0.25, -0.2) is 0 Å². The molecule has 5 nitrogen and oxygen atoms in total. The van der Waals surface area contributed by atoms with Gasteiger partial charge in [-0.3, -0.25) is 9.59 Å². The van der Waals surface area contributed by atoms with Crippen LogP contribution in [-0.4, -0.2) is 29.4 Å². The lowest BCUT2D eigenvalue weighted by molar-refractivity contribution is -0.136. The van der Waals surface area contributed by atoms with Gasteiger partial charge in [0.05, 0.1) is 0 Å². The number of hydrogen-bond acceptors (Lipinski definition) is 3. The summed E-state index contributed by atoms with van der Waals surface area (Å²) >= 11 is 0. The van der Waals surface area contributed by atoms with Crippen LogP contribution in [0.2, 0.25) is 0 Å². The molecular formula is C22H24N2O3. The van der Waals surface area contributed by atoms with Crippen molar-refractivity contribution in [2.24, 2.45) is 0 Å². The SMILES string of the molecule is O=C(Nc1ccc2c(c1)CN(C1CCCCC1)C(=O)CO2)c1ccccc1. The van der Waals surface area contributed by atoms with E-state index in [1.54, 1.807) is 12.1 Å². The molecule has 2 aromatic rings. The summed E-state index contributed by atoms with van der Waals surface area (Å²) in [6.07, 6.45) is 5.73. The van der Waals surface area contributed by atoms with E-state index >= 15 is 0 Å². The third kappa shape index (κ3) is 3.97. The van der Waals surface area contributed by atoms with Crippen molar-refractivity contribution in [1.29, 1.82) is 0 Å². The van der Waals surface area contributed by atoms with Gasteiger partial charge in [0.1, 0.15) is 5.75 Å². The molecule has 1 saturated carbocycles. The minimum atomic E-state index is -0.148. The Morgan fingerprint density at radius 1 is 1.04 bits per heavy atom. The second kappa shape index (κ2) is 7.82. The maximum absolute atomic E-state index is 12.6. The lowest BCUT2D eigenvalue weighted by Crippen LogP contribution is -2.42. The molecule has 0 aromatic heterocycles. The van der Waals surface area contributed by atoms with Crippen molar-refractivity contribution in [1.82, 2.24) is 4.90 Å². The molecule has 2 aromatic carbocycles. The van der Waals surface area contributed by atoms with Crippen LogP contribution in [-0.2, 0) is 11.3 Å². The van der Waals surface area contributed by atoms with Crippen molar-refractivity contribution in [3.05, 3.63) is 59.7 Å². The van der Waals surface area contributed by atoms with Gasteiger partial charge in [0.15, 0.2) is 6.61 Å². The van der Waals surface area contributed by atoms with Crippen LogP contribution in [0.4, 0.5) is 5.69 Å². The zero-order chi connectivity index (χ0) is 18.6. The first-order valence-electron chi connectivity index (χ1n) is 9.62. The van der Waals surface area contributed by atoms with E-state index in [0.29, 0.717) is 23.8 Å². The summed E-state index contributed by atoms with van der Waals surface area (Å²) < 4.78 is 5.72. The molecule has 1 N–H and O–H groups in total. The van der Waals surface area contributed by atoms with Gasteiger partial charge in [0.25, 0.3) is 11.8 Å². The van der Waals surface area contributed by atoms with Crippen LogP contribution in [0.15, 0.2) is 48.5 Å². The predicted octanol–water partition coefficient (Wildman–Crippen LogP) is 3.99. The Morgan fingerprint density at radius 2 is 1.81 bits per heavy atom. The summed E-state index contributed by atoms with van der Waals surface area (Å²) in [5, 5.41) is 2.94. The summed E-state index contributed by atoms with van der Waals surface area (Å²) in [5.74, 6) is 0.623. The summed E-state index contributed by atoms with van der Waals surface area (Å²) in [4.78, 5) is 26.9. The van der Waals surface area contributed by atoms with Crippen LogP contribution in [0, 0.1) is 0 Å².